The molecule has 1 fully saturated rings. The van der Waals surface area contributed by atoms with Crippen LogP contribution >= 0.6 is 11.6 Å². The van der Waals surface area contributed by atoms with Crippen LogP contribution in [0.4, 0.5) is 0 Å². The Kier molecular flexibility index (Phi) is 3.80. The van der Waals surface area contributed by atoms with E-state index in [-0.39, 0.29) is 6.10 Å². The van der Waals surface area contributed by atoms with Crippen molar-refractivity contribution in [2.75, 3.05) is 19.8 Å². The van der Waals surface area contributed by atoms with Gasteiger partial charge in [-0.25, -0.2) is 4.98 Å². The normalized spacial score (nSPS) is 18.6. The second-order valence-electron chi connectivity index (χ2n) is 5.58. The van der Waals surface area contributed by atoms with Gasteiger partial charge in [-0.15, -0.1) is 0 Å². The first-order valence-electron chi connectivity index (χ1n) is 7.56. The van der Waals surface area contributed by atoms with Gasteiger partial charge in [0.05, 0.1) is 43.0 Å². The lowest BCUT2D eigenvalue weighted by atomic mass is 10.2. The Labute approximate surface area is 138 Å². The van der Waals surface area contributed by atoms with Gasteiger partial charge in [-0.1, -0.05) is 17.7 Å². The quantitative estimate of drug-likeness (QED) is 0.739. The molecule has 0 saturated carbocycles. The topological polar surface area (TPSA) is 54.1 Å². The third-order valence-electron chi connectivity index (χ3n) is 4.04. The van der Waals surface area contributed by atoms with Crippen LogP contribution in [0.2, 0.25) is 5.02 Å². The fraction of sp³-hybridized carbons (Fsp3) is 0.375. The van der Waals surface area contributed by atoms with Crippen LogP contribution in [-0.2, 0) is 23.1 Å². The summed E-state index contributed by atoms with van der Waals surface area (Å²) in [7, 11) is 1.91. The largest absolute Gasteiger partial charge is 0.376 e. The maximum absolute atomic E-state index is 6.40. The van der Waals surface area contributed by atoms with Crippen molar-refractivity contribution in [3.8, 4) is 11.5 Å². The van der Waals surface area contributed by atoms with Crippen molar-refractivity contribution in [1.29, 1.82) is 0 Å². The number of nitrogens with zero attached hydrogens (tertiary/aromatic N) is 4. The molecule has 23 heavy (non-hydrogen) atoms. The van der Waals surface area contributed by atoms with Crippen molar-refractivity contribution in [3.05, 3.63) is 35.6 Å². The number of hydrogen-bond acceptors (Lipinski definition) is 4. The van der Waals surface area contributed by atoms with Crippen LogP contribution in [0.25, 0.3) is 22.4 Å². The first kappa shape index (κ1) is 14.7. The van der Waals surface area contributed by atoms with E-state index < -0.39 is 0 Å². The smallest absolute Gasteiger partial charge is 0.161 e. The summed E-state index contributed by atoms with van der Waals surface area (Å²) in [5, 5.41) is 6.22. The van der Waals surface area contributed by atoms with Crippen molar-refractivity contribution in [1.82, 2.24) is 19.3 Å². The highest BCUT2D eigenvalue weighted by atomic mass is 35.5. The Hall–Kier alpha value is -1.89. The minimum absolute atomic E-state index is 0.0298. The number of benzene rings is 1. The zero-order valence-corrected chi connectivity index (χ0v) is 13.5. The highest BCUT2D eigenvalue weighted by Gasteiger charge is 2.21. The van der Waals surface area contributed by atoms with E-state index in [0.29, 0.717) is 31.4 Å². The van der Waals surface area contributed by atoms with E-state index in [2.05, 4.69) is 10.1 Å². The molecule has 3 aromatic rings. The molecule has 1 aromatic carbocycles. The number of rotatable bonds is 3. The van der Waals surface area contributed by atoms with Gasteiger partial charge >= 0.3 is 0 Å². The van der Waals surface area contributed by atoms with E-state index in [1.807, 2.05) is 40.7 Å². The van der Waals surface area contributed by atoms with E-state index in [1.54, 1.807) is 6.20 Å². The highest BCUT2D eigenvalue weighted by molar-refractivity contribution is 6.36. The van der Waals surface area contributed by atoms with Crippen molar-refractivity contribution in [3.63, 3.8) is 0 Å². The van der Waals surface area contributed by atoms with Gasteiger partial charge in [0.25, 0.3) is 0 Å². The van der Waals surface area contributed by atoms with Crippen LogP contribution in [0.1, 0.15) is 0 Å². The van der Waals surface area contributed by atoms with Gasteiger partial charge in [0, 0.05) is 24.8 Å². The summed E-state index contributed by atoms with van der Waals surface area (Å²) in [6.07, 6.45) is 3.74. The van der Waals surface area contributed by atoms with Crippen molar-refractivity contribution < 1.29 is 9.47 Å². The predicted molar refractivity (Wildman–Crippen MR) is 87.5 cm³/mol. The monoisotopic (exact) mass is 332 g/mol. The summed E-state index contributed by atoms with van der Waals surface area (Å²) in [4.78, 5) is 4.49. The Morgan fingerprint density at radius 3 is 3.09 bits per heavy atom. The van der Waals surface area contributed by atoms with Crippen molar-refractivity contribution >= 4 is 22.5 Å². The molecule has 1 aliphatic heterocycles. The molecule has 2 aromatic heterocycles. The van der Waals surface area contributed by atoms with Crippen LogP contribution in [0.5, 0.6) is 0 Å². The van der Waals surface area contributed by atoms with Crippen molar-refractivity contribution in [2.24, 2.45) is 7.05 Å². The van der Waals surface area contributed by atoms with Crippen LogP contribution in [-0.4, -0.2) is 45.3 Å². The highest BCUT2D eigenvalue weighted by Crippen LogP contribution is 2.32. The van der Waals surface area contributed by atoms with E-state index in [1.165, 1.54) is 0 Å². The molecule has 1 atom stereocenters. The number of imidazole rings is 1. The molecule has 1 aliphatic rings. The summed E-state index contributed by atoms with van der Waals surface area (Å²) in [6.45, 7) is 2.57. The molecule has 0 spiro atoms. The second-order valence-corrected chi connectivity index (χ2v) is 5.98. The Balaban J connectivity index is 1.76. The number of ether oxygens (including phenoxy) is 2. The van der Waals surface area contributed by atoms with Gasteiger partial charge in [0.15, 0.2) is 5.82 Å². The standard InChI is InChI=1S/C16H17ClN4O2/c1-20-13-4-2-3-12(17)14(13)15(19-20)16-18-5-6-21(16)9-11-10-22-7-8-23-11/h2-6,11H,7-10H2,1H3/t11-/m1/s1. The molecule has 1 saturated heterocycles. The number of aryl methyl sites for hydroxylation is 1. The lowest BCUT2D eigenvalue weighted by Gasteiger charge is -2.23. The summed E-state index contributed by atoms with van der Waals surface area (Å²) in [5.74, 6) is 0.790. The zero-order chi connectivity index (χ0) is 15.8. The molecule has 120 valence electrons. The predicted octanol–water partition coefficient (Wildman–Crippen LogP) is 2.51. The lowest BCUT2D eigenvalue weighted by molar-refractivity contribution is -0.0934. The average Bonchev–Trinajstić information content (AvgIpc) is 3.14. The lowest BCUT2D eigenvalue weighted by Crippen LogP contribution is -2.32. The molecule has 0 bridgehead atoms. The number of fused-ring (bicyclic) bond motifs is 1. The molecule has 0 aliphatic carbocycles. The molecule has 0 amide bonds. The first-order valence-corrected chi connectivity index (χ1v) is 7.94. The number of halogens is 1. The van der Waals surface area contributed by atoms with E-state index in [0.717, 1.165) is 22.4 Å². The maximum atomic E-state index is 6.40. The van der Waals surface area contributed by atoms with Gasteiger partial charge in [-0.05, 0) is 12.1 Å². The molecule has 0 radical (unpaired) electrons. The van der Waals surface area contributed by atoms with Crippen molar-refractivity contribution in [2.45, 2.75) is 12.6 Å². The van der Waals surface area contributed by atoms with Gasteiger partial charge < -0.3 is 14.0 Å². The van der Waals surface area contributed by atoms with E-state index >= 15 is 0 Å². The molecule has 3 heterocycles. The third-order valence-corrected chi connectivity index (χ3v) is 4.35. The Morgan fingerprint density at radius 2 is 2.26 bits per heavy atom. The molecule has 7 heteroatoms. The molecule has 0 N–H and O–H groups in total. The Morgan fingerprint density at radius 1 is 1.35 bits per heavy atom. The minimum atomic E-state index is 0.0298. The first-order chi connectivity index (χ1) is 11.2. The third kappa shape index (κ3) is 2.63. The van der Waals surface area contributed by atoms with Crippen LogP contribution in [0.3, 0.4) is 0 Å². The SMILES string of the molecule is Cn1nc(-c2nccn2C[C@@H]2COCCO2)c2c(Cl)cccc21. The van der Waals surface area contributed by atoms with Gasteiger partial charge in [-0.2, -0.15) is 5.10 Å². The summed E-state index contributed by atoms with van der Waals surface area (Å²) in [5.41, 5.74) is 1.77. The molecular formula is C16H17ClN4O2. The van der Waals surface area contributed by atoms with Crippen LogP contribution in [0, 0.1) is 0 Å². The zero-order valence-electron chi connectivity index (χ0n) is 12.8. The van der Waals surface area contributed by atoms with Gasteiger partial charge in [0.1, 0.15) is 5.69 Å². The van der Waals surface area contributed by atoms with Gasteiger partial charge in [-0.3, -0.25) is 4.68 Å². The van der Waals surface area contributed by atoms with Crippen LogP contribution in [0.15, 0.2) is 30.6 Å². The minimum Gasteiger partial charge on any atom is -0.376 e. The molecule has 6 nitrogen and oxygen atoms in total. The number of hydrogen-bond donors (Lipinski definition) is 0. The summed E-state index contributed by atoms with van der Waals surface area (Å²) < 4.78 is 15.1. The molecule has 4 rings (SSSR count). The fourth-order valence-electron chi connectivity index (χ4n) is 2.96. The average molecular weight is 333 g/mol. The van der Waals surface area contributed by atoms with E-state index in [4.69, 9.17) is 21.1 Å². The Bertz CT molecular complexity index is 836. The summed E-state index contributed by atoms with van der Waals surface area (Å²) in [6, 6.07) is 5.80. The summed E-state index contributed by atoms with van der Waals surface area (Å²) >= 11 is 6.40. The molecular weight excluding hydrogens is 316 g/mol. The fourth-order valence-corrected chi connectivity index (χ4v) is 3.22. The second kappa shape index (κ2) is 5.96. The number of aromatic nitrogens is 4. The van der Waals surface area contributed by atoms with E-state index in [9.17, 15) is 0 Å². The van der Waals surface area contributed by atoms with Gasteiger partial charge in [0.2, 0.25) is 0 Å². The maximum Gasteiger partial charge on any atom is 0.161 e. The van der Waals surface area contributed by atoms with Crippen LogP contribution < -0.4 is 0 Å². The molecule has 0 unspecified atom stereocenters.